The van der Waals surface area contributed by atoms with Crippen molar-refractivity contribution in [1.29, 1.82) is 0 Å². The summed E-state index contributed by atoms with van der Waals surface area (Å²) in [6.07, 6.45) is 6.61. The molecule has 0 aliphatic heterocycles. The van der Waals surface area contributed by atoms with Crippen molar-refractivity contribution in [3.05, 3.63) is 66.1 Å². The smallest absolute Gasteiger partial charge is 0.211 e. The molecule has 1 aliphatic rings. The highest BCUT2D eigenvalue weighted by Crippen LogP contribution is 2.36. The van der Waals surface area contributed by atoms with Crippen LogP contribution in [0.15, 0.2) is 66.0 Å². The van der Waals surface area contributed by atoms with Crippen molar-refractivity contribution in [2.24, 2.45) is 5.92 Å². The number of hydrogen-bond donors (Lipinski definition) is 2. The summed E-state index contributed by atoms with van der Waals surface area (Å²) in [5.74, 6) is 1.61. The lowest BCUT2D eigenvalue weighted by atomic mass is 10.1. The highest BCUT2D eigenvalue weighted by Gasteiger charge is 2.29. The lowest BCUT2D eigenvalue weighted by molar-refractivity contribution is 0.0655. The monoisotopic (exact) mass is 661 g/mol. The lowest BCUT2D eigenvalue weighted by Gasteiger charge is -2.24. The zero-order valence-corrected chi connectivity index (χ0v) is 27.2. The number of nitrogens with one attached hydrogen (secondary N) is 1. The first-order valence-corrected chi connectivity index (χ1v) is 18.1. The Morgan fingerprint density at radius 3 is 2.55 bits per heavy atom. The van der Waals surface area contributed by atoms with Crippen molar-refractivity contribution in [3.63, 3.8) is 0 Å². The molecule has 5 rings (SSSR count). The molecular formula is C30H36ClN5O6S2. The maximum atomic E-state index is 12.7. The SMILES string of the molecule is CC(C)(O)CCN(CCn1ccc2ncnc(Nc3ccc(Oc4cccc(S(=O)(=O)CC5CC5)c4)c(Cl)c3)c21)S(C)(=O)=O. The predicted octanol–water partition coefficient (Wildman–Crippen LogP) is 5.23. The number of fused-ring (bicyclic) bond motifs is 1. The molecule has 1 fully saturated rings. The summed E-state index contributed by atoms with van der Waals surface area (Å²) in [7, 11) is -6.88. The molecule has 2 aromatic carbocycles. The van der Waals surface area contributed by atoms with Gasteiger partial charge in [-0.3, -0.25) is 0 Å². The van der Waals surface area contributed by atoms with Gasteiger partial charge in [-0.1, -0.05) is 17.7 Å². The van der Waals surface area contributed by atoms with E-state index in [0.717, 1.165) is 19.1 Å². The highest BCUT2D eigenvalue weighted by atomic mass is 35.5. The number of hydrogen-bond acceptors (Lipinski definition) is 9. The third kappa shape index (κ3) is 8.27. The Morgan fingerprint density at radius 2 is 1.86 bits per heavy atom. The molecule has 0 atom stereocenters. The molecule has 2 heterocycles. The molecule has 0 bridgehead atoms. The Balaban J connectivity index is 1.31. The summed E-state index contributed by atoms with van der Waals surface area (Å²) < 4.78 is 59.4. The topological polar surface area (TPSA) is 144 Å². The van der Waals surface area contributed by atoms with Crippen LogP contribution in [0.3, 0.4) is 0 Å². The first-order valence-electron chi connectivity index (χ1n) is 14.2. The van der Waals surface area contributed by atoms with Gasteiger partial charge in [0.2, 0.25) is 10.0 Å². The van der Waals surface area contributed by atoms with E-state index in [1.54, 1.807) is 50.2 Å². The number of sulfone groups is 1. The van der Waals surface area contributed by atoms with Crippen molar-refractivity contribution < 1.29 is 26.7 Å². The van der Waals surface area contributed by atoms with Gasteiger partial charge in [0.15, 0.2) is 15.7 Å². The van der Waals surface area contributed by atoms with Gasteiger partial charge in [-0.2, -0.15) is 0 Å². The maximum absolute atomic E-state index is 12.7. The van der Waals surface area contributed by atoms with E-state index < -0.39 is 25.5 Å². The second kappa shape index (κ2) is 12.6. The fourth-order valence-corrected chi connectivity index (χ4v) is 7.50. The minimum absolute atomic E-state index is 0.148. The lowest BCUT2D eigenvalue weighted by Crippen LogP contribution is -2.37. The van der Waals surface area contributed by atoms with E-state index in [2.05, 4.69) is 15.3 Å². The molecule has 11 nitrogen and oxygen atoms in total. The third-order valence-corrected chi connectivity index (χ3v) is 10.8. The van der Waals surface area contributed by atoms with E-state index in [9.17, 15) is 21.9 Å². The molecule has 0 saturated heterocycles. The summed E-state index contributed by atoms with van der Waals surface area (Å²) in [6.45, 7) is 4.03. The number of aliphatic hydroxyl groups is 1. The number of anilines is 2. The van der Waals surface area contributed by atoms with E-state index in [1.807, 2.05) is 16.8 Å². The van der Waals surface area contributed by atoms with Crippen LogP contribution in [-0.2, 0) is 26.4 Å². The predicted molar refractivity (Wildman–Crippen MR) is 171 cm³/mol. The minimum atomic E-state index is -3.49. The van der Waals surface area contributed by atoms with Gasteiger partial charge < -0.3 is 19.7 Å². The van der Waals surface area contributed by atoms with Gasteiger partial charge in [0.1, 0.15) is 23.3 Å². The standard InChI is InChI=1S/C30H36ClN5O6S2/c1-30(2,37)12-14-36(43(3,38)39)16-15-35-13-11-26-28(35)29(33-20-32-26)34-22-9-10-27(25(31)17-22)42-23-5-4-6-24(18-23)44(40,41)19-21-7-8-21/h4-6,9-11,13,17-18,20-21,37H,7-8,12,14-16,19H2,1-3H3,(H,32,33,34). The Morgan fingerprint density at radius 1 is 1.09 bits per heavy atom. The Kier molecular flexibility index (Phi) is 9.24. The highest BCUT2D eigenvalue weighted by molar-refractivity contribution is 7.91. The number of sulfonamides is 1. The molecule has 0 amide bonds. The average Bonchev–Trinajstić information content (AvgIpc) is 3.64. The first-order chi connectivity index (χ1) is 20.7. The molecule has 1 saturated carbocycles. The largest absolute Gasteiger partial charge is 0.456 e. The number of nitrogens with zero attached hydrogens (tertiary/aromatic N) is 4. The second-order valence-electron chi connectivity index (χ2n) is 11.8. The van der Waals surface area contributed by atoms with E-state index in [4.69, 9.17) is 16.3 Å². The molecule has 2 aromatic heterocycles. The Labute approximate surface area is 262 Å². The van der Waals surface area contributed by atoms with E-state index >= 15 is 0 Å². The van der Waals surface area contributed by atoms with Crippen LogP contribution in [0.4, 0.5) is 11.5 Å². The van der Waals surface area contributed by atoms with Crippen molar-refractivity contribution in [2.75, 3.05) is 30.4 Å². The molecule has 0 unspecified atom stereocenters. The van der Waals surface area contributed by atoms with Crippen LogP contribution in [0.25, 0.3) is 11.0 Å². The molecule has 0 radical (unpaired) electrons. The average molecular weight is 662 g/mol. The quantitative estimate of drug-likeness (QED) is 0.186. The Hall–Kier alpha value is -3.23. The number of rotatable bonds is 14. The van der Waals surface area contributed by atoms with Crippen LogP contribution < -0.4 is 10.1 Å². The van der Waals surface area contributed by atoms with Gasteiger partial charge in [-0.05, 0) is 81.5 Å². The molecule has 44 heavy (non-hydrogen) atoms. The van der Waals surface area contributed by atoms with Gasteiger partial charge >= 0.3 is 0 Å². The zero-order chi connectivity index (χ0) is 31.7. The number of benzene rings is 2. The van der Waals surface area contributed by atoms with Gasteiger partial charge in [0, 0.05) is 31.5 Å². The van der Waals surface area contributed by atoms with Crippen LogP contribution in [0.2, 0.25) is 5.02 Å². The zero-order valence-electron chi connectivity index (χ0n) is 24.8. The summed E-state index contributed by atoms with van der Waals surface area (Å²) in [5, 5.41) is 13.7. The Bertz CT molecular complexity index is 1870. The summed E-state index contributed by atoms with van der Waals surface area (Å²) in [4.78, 5) is 8.99. The van der Waals surface area contributed by atoms with Crippen molar-refractivity contribution >= 4 is 54.0 Å². The van der Waals surface area contributed by atoms with Crippen LogP contribution in [0.5, 0.6) is 11.5 Å². The van der Waals surface area contributed by atoms with E-state index in [0.29, 0.717) is 52.0 Å². The van der Waals surface area contributed by atoms with E-state index in [-0.39, 0.29) is 29.7 Å². The van der Waals surface area contributed by atoms with Crippen molar-refractivity contribution in [3.8, 4) is 11.5 Å². The van der Waals surface area contributed by atoms with Gasteiger partial charge in [-0.25, -0.2) is 31.1 Å². The number of ether oxygens (including phenoxy) is 1. The van der Waals surface area contributed by atoms with Gasteiger partial charge in [0.05, 0.1) is 33.0 Å². The van der Waals surface area contributed by atoms with Crippen molar-refractivity contribution in [2.45, 2.75) is 50.2 Å². The van der Waals surface area contributed by atoms with Gasteiger partial charge in [0.25, 0.3) is 0 Å². The van der Waals surface area contributed by atoms with Crippen LogP contribution >= 0.6 is 11.6 Å². The normalized spacial score (nSPS) is 14.3. The molecule has 4 aromatic rings. The van der Waals surface area contributed by atoms with Crippen LogP contribution in [-0.4, -0.2) is 71.5 Å². The van der Waals surface area contributed by atoms with Crippen molar-refractivity contribution in [1.82, 2.24) is 18.8 Å². The summed E-state index contributed by atoms with van der Waals surface area (Å²) >= 11 is 6.57. The first kappa shape index (κ1) is 32.2. The molecule has 14 heteroatoms. The minimum Gasteiger partial charge on any atom is -0.456 e. The van der Waals surface area contributed by atoms with Crippen LogP contribution in [0, 0.1) is 5.92 Å². The molecule has 0 spiro atoms. The van der Waals surface area contributed by atoms with Crippen LogP contribution in [0.1, 0.15) is 33.1 Å². The third-order valence-electron chi connectivity index (χ3n) is 7.32. The maximum Gasteiger partial charge on any atom is 0.211 e. The second-order valence-corrected chi connectivity index (χ2v) is 16.2. The van der Waals surface area contributed by atoms with Gasteiger partial charge in [-0.15, -0.1) is 0 Å². The molecular weight excluding hydrogens is 626 g/mol. The summed E-state index contributed by atoms with van der Waals surface area (Å²) in [5.41, 5.74) is 0.992. The number of aromatic nitrogens is 3. The fourth-order valence-electron chi connectivity index (χ4n) is 4.72. The molecule has 236 valence electrons. The fraction of sp³-hybridized carbons (Fsp3) is 0.400. The summed E-state index contributed by atoms with van der Waals surface area (Å²) in [6, 6.07) is 13.4. The molecule has 2 N–H and O–H groups in total. The number of halogens is 1. The van der Waals surface area contributed by atoms with E-state index in [1.165, 1.54) is 16.7 Å². The molecule has 1 aliphatic carbocycles.